The molecular weight excluding hydrogens is 296 g/mol. The summed E-state index contributed by atoms with van der Waals surface area (Å²) in [6.45, 7) is 9.07. The highest BCUT2D eigenvalue weighted by atomic mass is 32.2. The van der Waals surface area contributed by atoms with Crippen LogP contribution in [0, 0.1) is 0 Å². The van der Waals surface area contributed by atoms with Crippen molar-refractivity contribution in [3.05, 3.63) is 0 Å². The lowest BCUT2D eigenvalue weighted by Crippen LogP contribution is -2.45. The Kier molecular flexibility index (Phi) is 8.16. The van der Waals surface area contributed by atoms with E-state index in [1.807, 2.05) is 0 Å². The predicted octanol–water partition coefficient (Wildman–Crippen LogP) is 1.22. The van der Waals surface area contributed by atoms with Crippen LogP contribution in [-0.2, 0) is 14.3 Å². The molecule has 0 rings (SSSR count). The van der Waals surface area contributed by atoms with E-state index in [1.54, 1.807) is 34.6 Å². The molecule has 0 aromatic carbocycles. The highest BCUT2D eigenvalue weighted by molar-refractivity contribution is 8.00. The van der Waals surface area contributed by atoms with Crippen molar-refractivity contribution in [2.24, 2.45) is 0 Å². The maximum absolute atomic E-state index is 11.6. The van der Waals surface area contributed by atoms with E-state index in [1.165, 1.54) is 0 Å². The van der Waals surface area contributed by atoms with Crippen LogP contribution in [0.3, 0.4) is 0 Å². The van der Waals surface area contributed by atoms with Crippen molar-refractivity contribution >= 4 is 29.7 Å². The molecule has 2 amide bonds. The Hall–Kier alpha value is -1.44. The molecule has 0 aliphatic rings. The number of ether oxygens (including phenoxy) is 1. The first-order valence-electron chi connectivity index (χ1n) is 6.68. The first kappa shape index (κ1) is 19.6. The van der Waals surface area contributed by atoms with Crippen LogP contribution in [0.25, 0.3) is 0 Å². The van der Waals surface area contributed by atoms with Gasteiger partial charge in [-0.25, -0.2) is 9.59 Å². The minimum atomic E-state index is -1.17. The molecule has 3 N–H and O–H groups in total. The minimum absolute atomic E-state index is 0.0763. The third-order valence-electron chi connectivity index (χ3n) is 2.22. The Balaban J connectivity index is 4.41. The van der Waals surface area contributed by atoms with Gasteiger partial charge in [0, 0.05) is 12.3 Å². The van der Waals surface area contributed by atoms with Crippen molar-refractivity contribution in [1.29, 1.82) is 0 Å². The molecule has 2 atom stereocenters. The van der Waals surface area contributed by atoms with Gasteiger partial charge in [-0.05, 0) is 34.6 Å². The molecule has 0 aliphatic carbocycles. The normalized spacial score (nSPS) is 14.0. The standard InChI is InChI=1S/C13H24N2O5S/c1-6-14-10(16)8(2)21-7-9(11(17)18)15-12(19)20-13(3,4)5/h8-9H,6-7H2,1-5H3,(H,14,16)(H,15,19)(H,17,18). The SMILES string of the molecule is CCNC(=O)C(C)SCC(NC(=O)OC(C)(C)C)C(=O)O. The molecule has 2 unspecified atom stereocenters. The molecule has 0 heterocycles. The second kappa shape index (κ2) is 8.76. The number of nitrogens with one attached hydrogen (secondary N) is 2. The summed E-state index contributed by atoms with van der Waals surface area (Å²) in [4.78, 5) is 34.2. The average Bonchev–Trinajstić information content (AvgIpc) is 2.31. The number of hydrogen-bond donors (Lipinski definition) is 3. The Morgan fingerprint density at radius 3 is 2.29 bits per heavy atom. The maximum Gasteiger partial charge on any atom is 0.408 e. The van der Waals surface area contributed by atoms with E-state index in [2.05, 4.69) is 10.6 Å². The van der Waals surface area contributed by atoms with Crippen molar-refractivity contribution in [2.45, 2.75) is 51.5 Å². The van der Waals surface area contributed by atoms with Gasteiger partial charge in [-0.3, -0.25) is 4.79 Å². The smallest absolute Gasteiger partial charge is 0.408 e. The summed E-state index contributed by atoms with van der Waals surface area (Å²) >= 11 is 1.16. The highest BCUT2D eigenvalue weighted by Crippen LogP contribution is 2.13. The number of carbonyl (C=O) groups is 3. The molecule has 0 aromatic rings. The number of carboxylic acids is 1. The predicted molar refractivity (Wildman–Crippen MR) is 81.4 cm³/mol. The van der Waals surface area contributed by atoms with Crippen LogP contribution in [0.15, 0.2) is 0 Å². The Bertz CT molecular complexity index is 381. The third kappa shape index (κ3) is 9.17. The molecule has 8 heteroatoms. The van der Waals surface area contributed by atoms with Crippen LogP contribution >= 0.6 is 11.8 Å². The van der Waals surface area contributed by atoms with Gasteiger partial charge in [0.1, 0.15) is 11.6 Å². The lowest BCUT2D eigenvalue weighted by atomic mass is 10.2. The molecule has 0 fully saturated rings. The molecule has 0 aliphatic heterocycles. The fourth-order valence-corrected chi connectivity index (χ4v) is 2.20. The number of carbonyl (C=O) groups excluding carboxylic acids is 2. The second-order valence-electron chi connectivity index (χ2n) is 5.41. The largest absolute Gasteiger partial charge is 0.480 e. The van der Waals surface area contributed by atoms with Crippen molar-refractivity contribution in [1.82, 2.24) is 10.6 Å². The van der Waals surface area contributed by atoms with E-state index in [0.717, 1.165) is 11.8 Å². The fraction of sp³-hybridized carbons (Fsp3) is 0.769. The van der Waals surface area contributed by atoms with Crippen LogP contribution < -0.4 is 10.6 Å². The Labute approximate surface area is 129 Å². The topological polar surface area (TPSA) is 105 Å². The summed E-state index contributed by atoms with van der Waals surface area (Å²) < 4.78 is 5.01. The monoisotopic (exact) mass is 320 g/mol. The Morgan fingerprint density at radius 2 is 1.86 bits per heavy atom. The molecular formula is C13H24N2O5S. The van der Waals surface area contributed by atoms with Gasteiger partial charge >= 0.3 is 12.1 Å². The number of carboxylic acid groups (broad SMARTS) is 1. The Morgan fingerprint density at radius 1 is 1.29 bits per heavy atom. The average molecular weight is 320 g/mol. The van der Waals surface area contributed by atoms with Gasteiger partial charge in [0.05, 0.1) is 5.25 Å². The number of aliphatic carboxylic acids is 1. The van der Waals surface area contributed by atoms with Gasteiger partial charge in [-0.15, -0.1) is 11.8 Å². The van der Waals surface area contributed by atoms with Crippen LogP contribution in [-0.4, -0.2) is 52.3 Å². The van der Waals surface area contributed by atoms with Crippen LogP contribution in [0.5, 0.6) is 0 Å². The summed E-state index contributed by atoms with van der Waals surface area (Å²) in [5, 5.41) is 13.6. The van der Waals surface area contributed by atoms with Crippen LogP contribution in [0.1, 0.15) is 34.6 Å². The third-order valence-corrected chi connectivity index (χ3v) is 3.46. The number of alkyl carbamates (subject to hydrolysis) is 1. The van der Waals surface area contributed by atoms with Crippen LogP contribution in [0.4, 0.5) is 4.79 Å². The van der Waals surface area contributed by atoms with Crippen molar-refractivity contribution in [3.8, 4) is 0 Å². The van der Waals surface area contributed by atoms with Gasteiger partial charge in [-0.1, -0.05) is 0 Å². The molecule has 0 bridgehead atoms. The van der Waals surface area contributed by atoms with E-state index in [-0.39, 0.29) is 11.7 Å². The highest BCUT2D eigenvalue weighted by Gasteiger charge is 2.25. The number of rotatable bonds is 7. The fourth-order valence-electron chi connectivity index (χ4n) is 1.26. The first-order chi connectivity index (χ1) is 9.56. The molecule has 0 saturated carbocycles. The van der Waals surface area contributed by atoms with E-state index >= 15 is 0 Å². The molecule has 0 radical (unpaired) electrons. The first-order valence-corrected chi connectivity index (χ1v) is 7.73. The van der Waals surface area contributed by atoms with Crippen molar-refractivity contribution in [3.63, 3.8) is 0 Å². The summed E-state index contributed by atoms with van der Waals surface area (Å²) in [6.07, 6.45) is -0.791. The van der Waals surface area contributed by atoms with Crippen LogP contribution in [0.2, 0.25) is 0 Å². The van der Waals surface area contributed by atoms with Crippen molar-refractivity contribution in [2.75, 3.05) is 12.3 Å². The summed E-state index contributed by atoms with van der Waals surface area (Å²) in [6, 6.07) is -1.11. The second-order valence-corrected chi connectivity index (χ2v) is 6.78. The molecule has 0 saturated heterocycles. The number of hydrogen-bond acceptors (Lipinski definition) is 5. The van der Waals surface area contributed by atoms with Gasteiger partial charge < -0.3 is 20.5 Å². The number of amides is 2. The zero-order valence-corrected chi connectivity index (χ0v) is 13.9. The maximum atomic E-state index is 11.6. The molecule has 21 heavy (non-hydrogen) atoms. The van der Waals surface area contributed by atoms with E-state index in [0.29, 0.717) is 6.54 Å². The zero-order valence-electron chi connectivity index (χ0n) is 13.1. The molecule has 0 aromatic heterocycles. The van der Waals surface area contributed by atoms with Gasteiger partial charge in [0.2, 0.25) is 5.91 Å². The lowest BCUT2D eigenvalue weighted by molar-refractivity contribution is -0.138. The van der Waals surface area contributed by atoms with Crippen molar-refractivity contribution < 1.29 is 24.2 Å². The van der Waals surface area contributed by atoms with Gasteiger partial charge in [-0.2, -0.15) is 0 Å². The lowest BCUT2D eigenvalue weighted by Gasteiger charge is -2.22. The molecule has 7 nitrogen and oxygen atoms in total. The minimum Gasteiger partial charge on any atom is -0.480 e. The summed E-state index contributed by atoms with van der Waals surface area (Å²) in [5.74, 6) is -1.26. The van der Waals surface area contributed by atoms with Gasteiger partial charge in [0.25, 0.3) is 0 Å². The summed E-state index contributed by atoms with van der Waals surface area (Å²) in [5.41, 5.74) is -0.700. The van der Waals surface area contributed by atoms with E-state index in [4.69, 9.17) is 9.84 Å². The molecule has 0 spiro atoms. The molecule has 122 valence electrons. The quantitative estimate of drug-likeness (QED) is 0.651. The summed E-state index contributed by atoms with van der Waals surface area (Å²) in [7, 11) is 0. The van der Waals surface area contributed by atoms with Gasteiger partial charge in [0.15, 0.2) is 0 Å². The van der Waals surface area contributed by atoms with E-state index < -0.39 is 29.0 Å². The zero-order chi connectivity index (χ0) is 16.6. The van der Waals surface area contributed by atoms with E-state index in [9.17, 15) is 14.4 Å². The number of thioether (sulfide) groups is 1.